The Morgan fingerprint density at radius 3 is 2.27 bits per heavy atom. The van der Waals surface area contributed by atoms with Crippen LogP contribution in [0.2, 0.25) is 0 Å². The second-order valence-corrected chi connectivity index (χ2v) is 7.57. The van der Waals surface area contributed by atoms with Crippen molar-refractivity contribution in [2.24, 2.45) is 0 Å². The molecule has 1 aromatic heterocycles. The number of hydrogen-bond acceptors (Lipinski definition) is 3. The smallest absolute Gasteiger partial charge is 0.159 e. The van der Waals surface area contributed by atoms with Crippen molar-refractivity contribution in [2.75, 3.05) is 6.61 Å². The molecule has 4 aromatic rings. The van der Waals surface area contributed by atoms with Crippen LogP contribution in [0.5, 0.6) is 5.75 Å². The standard InChI is InChI=1S/C27H21F3N2O/c1-2-3-4-11-33-23-16-31-27(32-17-23)21-10-9-19(24(28)14-21)7-5-18-6-8-20-13-25(29)26(30)15-22(20)12-18/h6,8-10,12-17H,2-4,11H2,1H3. The van der Waals surface area contributed by atoms with Crippen molar-refractivity contribution in [1.82, 2.24) is 9.97 Å². The monoisotopic (exact) mass is 446 g/mol. The average molecular weight is 446 g/mol. The molecule has 0 spiro atoms. The van der Waals surface area contributed by atoms with Crippen LogP contribution in [0.3, 0.4) is 0 Å². The van der Waals surface area contributed by atoms with Crippen molar-refractivity contribution in [3.63, 3.8) is 0 Å². The molecule has 1 heterocycles. The highest BCUT2D eigenvalue weighted by Gasteiger charge is 2.07. The van der Waals surface area contributed by atoms with E-state index in [9.17, 15) is 13.2 Å². The van der Waals surface area contributed by atoms with Gasteiger partial charge in [0.2, 0.25) is 0 Å². The molecule has 0 radical (unpaired) electrons. The summed E-state index contributed by atoms with van der Waals surface area (Å²) in [7, 11) is 0. The molecule has 0 aliphatic carbocycles. The van der Waals surface area contributed by atoms with Gasteiger partial charge in [-0.05, 0) is 59.7 Å². The summed E-state index contributed by atoms with van der Waals surface area (Å²) in [5, 5.41) is 1.08. The lowest BCUT2D eigenvalue weighted by atomic mass is 10.1. The largest absolute Gasteiger partial charge is 0.490 e. The van der Waals surface area contributed by atoms with E-state index in [1.165, 1.54) is 6.07 Å². The van der Waals surface area contributed by atoms with Gasteiger partial charge in [0.1, 0.15) is 5.82 Å². The van der Waals surface area contributed by atoms with E-state index < -0.39 is 17.5 Å². The first kappa shape index (κ1) is 22.3. The third kappa shape index (κ3) is 5.50. The predicted octanol–water partition coefficient (Wildman–Crippen LogP) is 6.68. The van der Waals surface area contributed by atoms with E-state index in [1.807, 2.05) is 0 Å². The molecule has 0 amide bonds. The average Bonchev–Trinajstić information content (AvgIpc) is 2.82. The van der Waals surface area contributed by atoms with Gasteiger partial charge in [-0.1, -0.05) is 37.7 Å². The van der Waals surface area contributed by atoms with Crippen LogP contribution in [-0.4, -0.2) is 16.6 Å². The fourth-order valence-corrected chi connectivity index (χ4v) is 3.30. The lowest BCUT2D eigenvalue weighted by Crippen LogP contribution is -1.99. The highest BCUT2D eigenvalue weighted by Crippen LogP contribution is 2.21. The molecule has 0 saturated carbocycles. The second kappa shape index (κ2) is 10.2. The fraction of sp³-hybridized carbons (Fsp3) is 0.185. The zero-order valence-electron chi connectivity index (χ0n) is 18.0. The molecule has 33 heavy (non-hydrogen) atoms. The molecule has 0 aliphatic heterocycles. The van der Waals surface area contributed by atoms with Crippen LogP contribution in [0.25, 0.3) is 22.2 Å². The number of rotatable bonds is 6. The van der Waals surface area contributed by atoms with Crippen molar-refractivity contribution in [1.29, 1.82) is 0 Å². The van der Waals surface area contributed by atoms with Gasteiger partial charge in [0.05, 0.1) is 24.6 Å². The van der Waals surface area contributed by atoms with Gasteiger partial charge in [-0.3, -0.25) is 0 Å². The van der Waals surface area contributed by atoms with Gasteiger partial charge in [0, 0.05) is 11.1 Å². The molecule has 6 heteroatoms. The maximum Gasteiger partial charge on any atom is 0.159 e. The summed E-state index contributed by atoms with van der Waals surface area (Å²) in [5.74, 6) is 4.30. The molecule has 0 atom stereocenters. The van der Waals surface area contributed by atoms with E-state index in [2.05, 4.69) is 28.7 Å². The summed E-state index contributed by atoms with van der Waals surface area (Å²) in [6.07, 6.45) is 6.35. The number of fused-ring (bicyclic) bond motifs is 1. The Hall–Kier alpha value is -3.85. The Bertz CT molecular complexity index is 1340. The minimum Gasteiger partial charge on any atom is -0.490 e. The minimum absolute atomic E-state index is 0.208. The van der Waals surface area contributed by atoms with Crippen LogP contribution in [-0.2, 0) is 0 Å². The van der Waals surface area contributed by atoms with E-state index in [0.29, 0.717) is 40.1 Å². The first-order valence-electron chi connectivity index (χ1n) is 10.7. The summed E-state index contributed by atoms with van der Waals surface area (Å²) in [6, 6.07) is 11.8. The van der Waals surface area contributed by atoms with Gasteiger partial charge in [-0.2, -0.15) is 0 Å². The molecule has 4 rings (SSSR count). The summed E-state index contributed by atoms with van der Waals surface area (Å²) < 4.78 is 47.1. The van der Waals surface area contributed by atoms with Crippen LogP contribution in [0.1, 0.15) is 37.3 Å². The normalized spacial score (nSPS) is 10.7. The maximum atomic E-state index is 14.6. The summed E-state index contributed by atoms with van der Waals surface area (Å²) in [6.45, 7) is 2.74. The Labute approximate surface area is 190 Å². The number of aromatic nitrogens is 2. The third-order valence-electron chi connectivity index (χ3n) is 5.09. The SMILES string of the molecule is CCCCCOc1cnc(-c2ccc(C#Cc3ccc4cc(F)c(F)cc4c3)c(F)c2)nc1. The van der Waals surface area contributed by atoms with Crippen molar-refractivity contribution < 1.29 is 17.9 Å². The Balaban J connectivity index is 1.49. The first-order valence-corrected chi connectivity index (χ1v) is 10.7. The minimum atomic E-state index is -0.924. The topological polar surface area (TPSA) is 35.0 Å². The number of halogens is 3. The summed E-state index contributed by atoms with van der Waals surface area (Å²) in [4.78, 5) is 8.52. The van der Waals surface area contributed by atoms with Crippen LogP contribution in [0.15, 0.2) is 60.9 Å². The molecular weight excluding hydrogens is 425 g/mol. The Morgan fingerprint density at radius 2 is 1.55 bits per heavy atom. The molecule has 0 N–H and O–H groups in total. The molecule has 3 nitrogen and oxygen atoms in total. The molecule has 3 aromatic carbocycles. The number of benzene rings is 3. The quantitative estimate of drug-likeness (QED) is 0.245. The van der Waals surface area contributed by atoms with E-state index in [4.69, 9.17) is 4.74 Å². The molecular formula is C27H21F3N2O. The lowest BCUT2D eigenvalue weighted by Gasteiger charge is -2.06. The first-order chi connectivity index (χ1) is 16.0. The molecule has 0 bridgehead atoms. The highest BCUT2D eigenvalue weighted by molar-refractivity contribution is 5.84. The van der Waals surface area contributed by atoms with Crippen LogP contribution in [0, 0.1) is 29.3 Å². The molecule has 0 fully saturated rings. The van der Waals surface area contributed by atoms with E-state index in [-0.39, 0.29) is 5.56 Å². The van der Waals surface area contributed by atoms with Gasteiger partial charge in [0.15, 0.2) is 23.2 Å². The lowest BCUT2D eigenvalue weighted by molar-refractivity contribution is 0.304. The van der Waals surface area contributed by atoms with Crippen LogP contribution < -0.4 is 4.74 Å². The predicted molar refractivity (Wildman–Crippen MR) is 122 cm³/mol. The number of unbranched alkanes of at least 4 members (excludes halogenated alkanes) is 2. The number of ether oxygens (including phenoxy) is 1. The highest BCUT2D eigenvalue weighted by atomic mass is 19.2. The third-order valence-corrected chi connectivity index (χ3v) is 5.09. The van der Waals surface area contributed by atoms with Gasteiger partial charge < -0.3 is 4.74 Å². The Kier molecular flexibility index (Phi) is 6.89. The van der Waals surface area contributed by atoms with Crippen molar-refractivity contribution in [2.45, 2.75) is 26.2 Å². The molecule has 0 aliphatic rings. The summed E-state index contributed by atoms with van der Waals surface area (Å²) in [5.41, 5.74) is 1.30. The van der Waals surface area contributed by atoms with Crippen molar-refractivity contribution in [3.05, 3.63) is 89.5 Å². The van der Waals surface area contributed by atoms with E-state index in [1.54, 1.807) is 42.7 Å². The van der Waals surface area contributed by atoms with Gasteiger partial charge in [-0.15, -0.1) is 0 Å². The van der Waals surface area contributed by atoms with Crippen molar-refractivity contribution >= 4 is 10.8 Å². The van der Waals surface area contributed by atoms with Gasteiger partial charge in [0.25, 0.3) is 0 Å². The van der Waals surface area contributed by atoms with Crippen LogP contribution >= 0.6 is 0 Å². The maximum absolute atomic E-state index is 14.6. The van der Waals surface area contributed by atoms with Gasteiger partial charge >= 0.3 is 0 Å². The van der Waals surface area contributed by atoms with E-state index >= 15 is 0 Å². The molecule has 0 unspecified atom stereocenters. The molecule has 0 saturated heterocycles. The summed E-state index contributed by atoms with van der Waals surface area (Å²) >= 11 is 0. The number of nitrogens with zero attached hydrogens (tertiary/aromatic N) is 2. The second-order valence-electron chi connectivity index (χ2n) is 7.57. The zero-order chi connectivity index (χ0) is 23.2. The van der Waals surface area contributed by atoms with Gasteiger partial charge in [-0.25, -0.2) is 23.1 Å². The fourth-order valence-electron chi connectivity index (χ4n) is 3.30. The molecule has 166 valence electrons. The van der Waals surface area contributed by atoms with Crippen molar-refractivity contribution in [3.8, 4) is 29.0 Å². The number of hydrogen-bond donors (Lipinski definition) is 0. The van der Waals surface area contributed by atoms with E-state index in [0.717, 1.165) is 31.4 Å². The van der Waals surface area contributed by atoms with Crippen LogP contribution in [0.4, 0.5) is 13.2 Å². The Morgan fingerprint density at radius 1 is 0.788 bits per heavy atom. The zero-order valence-corrected chi connectivity index (χ0v) is 18.0.